The van der Waals surface area contributed by atoms with Crippen molar-refractivity contribution in [1.82, 2.24) is 15.1 Å². The molecule has 2 aromatic carbocycles. The van der Waals surface area contributed by atoms with Gasteiger partial charge >= 0.3 is 6.03 Å². The molecule has 0 aliphatic carbocycles. The van der Waals surface area contributed by atoms with Gasteiger partial charge in [-0.05, 0) is 30.3 Å². The van der Waals surface area contributed by atoms with E-state index in [-0.39, 0.29) is 12.3 Å². The molecule has 2 amide bonds. The van der Waals surface area contributed by atoms with Gasteiger partial charge in [-0.3, -0.25) is 0 Å². The number of hydrogen-bond acceptors (Lipinski definition) is 4. The molecule has 1 heterocycles. The van der Waals surface area contributed by atoms with Gasteiger partial charge in [0.05, 0.1) is 17.8 Å². The van der Waals surface area contributed by atoms with Crippen LogP contribution in [0.2, 0.25) is 5.02 Å². The van der Waals surface area contributed by atoms with Gasteiger partial charge in [-0.1, -0.05) is 23.7 Å². The van der Waals surface area contributed by atoms with Gasteiger partial charge in [0.2, 0.25) is 0 Å². The fourth-order valence-electron chi connectivity index (χ4n) is 2.41. The van der Waals surface area contributed by atoms with E-state index in [0.717, 1.165) is 0 Å². The molecule has 0 spiro atoms. The summed E-state index contributed by atoms with van der Waals surface area (Å²) in [6, 6.07) is 11.6. The van der Waals surface area contributed by atoms with Crippen molar-refractivity contribution >= 4 is 23.3 Å². The second-order valence-electron chi connectivity index (χ2n) is 5.39. The van der Waals surface area contributed by atoms with E-state index in [9.17, 15) is 9.90 Å². The van der Waals surface area contributed by atoms with Gasteiger partial charge in [-0.2, -0.15) is 5.10 Å². The lowest BCUT2D eigenvalue weighted by Crippen LogP contribution is -2.28. The van der Waals surface area contributed by atoms with E-state index in [1.54, 1.807) is 59.5 Å². The molecule has 3 N–H and O–H groups in total. The van der Waals surface area contributed by atoms with Crippen LogP contribution in [0.4, 0.5) is 10.5 Å². The van der Waals surface area contributed by atoms with Crippen molar-refractivity contribution in [3.05, 3.63) is 65.4 Å². The Balaban J connectivity index is 1.63. The number of aromatic nitrogens is 2. The zero-order valence-corrected chi connectivity index (χ0v) is 14.7. The van der Waals surface area contributed by atoms with Crippen molar-refractivity contribution in [3.63, 3.8) is 0 Å². The molecule has 0 saturated heterocycles. The van der Waals surface area contributed by atoms with Gasteiger partial charge in [-0.25, -0.2) is 9.48 Å². The number of halogens is 1. The first-order valence-electron chi connectivity index (χ1n) is 7.77. The Hall–Kier alpha value is -3.19. The van der Waals surface area contributed by atoms with E-state index in [0.29, 0.717) is 27.7 Å². The van der Waals surface area contributed by atoms with E-state index < -0.39 is 6.03 Å². The molecule has 1 aromatic heterocycles. The summed E-state index contributed by atoms with van der Waals surface area (Å²) in [7, 11) is 1.47. The second-order valence-corrected chi connectivity index (χ2v) is 5.80. The highest BCUT2D eigenvalue weighted by atomic mass is 35.5. The van der Waals surface area contributed by atoms with Gasteiger partial charge in [0, 0.05) is 30.2 Å². The fourth-order valence-corrected chi connectivity index (χ4v) is 2.67. The number of carbonyl (C=O) groups excluding carboxylic acids is 1. The molecule has 26 heavy (non-hydrogen) atoms. The number of phenols is 1. The van der Waals surface area contributed by atoms with Crippen LogP contribution in [-0.2, 0) is 6.54 Å². The summed E-state index contributed by atoms with van der Waals surface area (Å²) in [5, 5.41) is 20.0. The van der Waals surface area contributed by atoms with E-state index >= 15 is 0 Å². The first-order valence-corrected chi connectivity index (χ1v) is 8.15. The molecule has 0 aliphatic heterocycles. The molecule has 8 heteroatoms. The Morgan fingerprint density at radius 3 is 2.85 bits per heavy atom. The standard InChI is InChI=1S/C18H17ClN4O3/c1-26-16-5-2-4-12(17(16)24)11-20-18(25)22-13-6-7-15(14(19)10-13)23-9-3-8-21-23/h2-10,24H,11H2,1H3,(H2,20,22,25). The molecule has 0 radical (unpaired) electrons. The number of nitrogens with one attached hydrogen (secondary N) is 2. The fraction of sp³-hybridized carbons (Fsp3) is 0.111. The maximum Gasteiger partial charge on any atom is 0.319 e. The van der Waals surface area contributed by atoms with Crippen LogP contribution in [0.5, 0.6) is 11.5 Å². The molecule has 0 bridgehead atoms. The lowest BCUT2D eigenvalue weighted by molar-refractivity contribution is 0.251. The molecule has 0 aliphatic rings. The first-order chi connectivity index (χ1) is 12.6. The Morgan fingerprint density at radius 2 is 2.15 bits per heavy atom. The molecule has 0 atom stereocenters. The Labute approximate surface area is 155 Å². The van der Waals surface area contributed by atoms with Crippen molar-refractivity contribution in [2.75, 3.05) is 12.4 Å². The lowest BCUT2D eigenvalue weighted by Gasteiger charge is -2.12. The monoisotopic (exact) mass is 372 g/mol. The van der Waals surface area contributed by atoms with Gasteiger partial charge < -0.3 is 20.5 Å². The largest absolute Gasteiger partial charge is 0.504 e. The molecule has 7 nitrogen and oxygen atoms in total. The average Bonchev–Trinajstić information content (AvgIpc) is 3.15. The number of amides is 2. The van der Waals surface area contributed by atoms with Crippen molar-refractivity contribution in [1.29, 1.82) is 0 Å². The minimum absolute atomic E-state index is 0.00178. The number of anilines is 1. The van der Waals surface area contributed by atoms with Crippen LogP contribution >= 0.6 is 11.6 Å². The summed E-state index contributed by atoms with van der Waals surface area (Å²) < 4.78 is 6.68. The quantitative estimate of drug-likeness (QED) is 0.639. The summed E-state index contributed by atoms with van der Waals surface area (Å²) in [5.41, 5.74) is 1.80. The van der Waals surface area contributed by atoms with Crippen LogP contribution in [0.1, 0.15) is 5.56 Å². The van der Waals surface area contributed by atoms with E-state index in [1.807, 2.05) is 0 Å². The minimum atomic E-state index is -0.421. The molecule has 3 aromatic rings. The maximum atomic E-state index is 12.1. The number of nitrogens with zero attached hydrogens (tertiary/aromatic N) is 2. The summed E-state index contributed by atoms with van der Waals surface area (Å²) in [4.78, 5) is 12.1. The molecule has 0 fully saturated rings. The number of rotatable bonds is 5. The van der Waals surface area contributed by atoms with Crippen LogP contribution in [-0.4, -0.2) is 28.0 Å². The van der Waals surface area contributed by atoms with Crippen LogP contribution in [0.25, 0.3) is 5.69 Å². The first kappa shape index (κ1) is 17.6. The van der Waals surface area contributed by atoms with Gasteiger partial charge in [-0.15, -0.1) is 0 Å². The summed E-state index contributed by atoms with van der Waals surface area (Å²) in [6.45, 7) is 0.147. The van der Waals surface area contributed by atoms with E-state index in [1.165, 1.54) is 7.11 Å². The van der Waals surface area contributed by atoms with Crippen molar-refractivity contribution in [2.45, 2.75) is 6.54 Å². The van der Waals surface area contributed by atoms with Crippen molar-refractivity contribution in [3.8, 4) is 17.2 Å². The number of urea groups is 1. The normalized spacial score (nSPS) is 10.4. The van der Waals surface area contributed by atoms with Crippen molar-refractivity contribution < 1.29 is 14.6 Å². The van der Waals surface area contributed by atoms with Crippen molar-refractivity contribution in [2.24, 2.45) is 0 Å². The number of para-hydroxylation sites is 1. The van der Waals surface area contributed by atoms with Crippen LogP contribution in [0, 0.1) is 0 Å². The topological polar surface area (TPSA) is 88.4 Å². The zero-order chi connectivity index (χ0) is 18.5. The third-order valence-electron chi connectivity index (χ3n) is 3.70. The van der Waals surface area contributed by atoms with Gasteiger partial charge in [0.15, 0.2) is 11.5 Å². The third kappa shape index (κ3) is 3.89. The van der Waals surface area contributed by atoms with Crippen LogP contribution in [0.15, 0.2) is 54.9 Å². The molecule has 134 valence electrons. The van der Waals surface area contributed by atoms with E-state index in [2.05, 4.69) is 15.7 Å². The third-order valence-corrected chi connectivity index (χ3v) is 4.00. The Kier molecular flexibility index (Phi) is 5.28. The lowest BCUT2D eigenvalue weighted by atomic mass is 10.2. The van der Waals surface area contributed by atoms with E-state index in [4.69, 9.17) is 16.3 Å². The number of phenolic OH excluding ortho intramolecular Hbond substituents is 1. The highest BCUT2D eigenvalue weighted by Crippen LogP contribution is 2.29. The number of carbonyl (C=O) groups is 1. The second kappa shape index (κ2) is 7.79. The summed E-state index contributed by atoms with van der Waals surface area (Å²) in [6.07, 6.45) is 3.44. The molecule has 0 unspecified atom stereocenters. The number of methoxy groups -OCH3 is 1. The van der Waals surface area contributed by atoms with Crippen LogP contribution < -0.4 is 15.4 Å². The minimum Gasteiger partial charge on any atom is -0.504 e. The highest BCUT2D eigenvalue weighted by molar-refractivity contribution is 6.32. The summed E-state index contributed by atoms with van der Waals surface area (Å²) in [5.74, 6) is 0.354. The smallest absolute Gasteiger partial charge is 0.319 e. The Bertz CT molecular complexity index is 913. The predicted molar refractivity (Wildman–Crippen MR) is 99.1 cm³/mol. The Morgan fingerprint density at radius 1 is 1.31 bits per heavy atom. The number of ether oxygens (including phenoxy) is 1. The molecule has 3 rings (SSSR count). The number of benzene rings is 2. The number of hydrogen-bond donors (Lipinski definition) is 3. The van der Waals surface area contributed by atoms with Gasteiger partial charge in [0.1, 0.15) is 0 Å². The SMILES string of the molecule is COc1cccc(CNC(=O)Nc2ccc(-n3cccn3)c(Cl)c2)c1O. The maximum absolute atomic E-state index is 12.1. The molecule has 0 saturated carbocycles. The number of aromatic hydroxyl groups is 1. The van der Waals surface area contributed by atoms with Gasteiger partial charge in [0.25, 0.3) is 0 Å². The highest BCUT2D eigenvalue weighted by Gasteiger charge is 2.10. The summed E-state index contributed by atoms with van der Waals surface area (Å²) >= 11 is 6.25. The van der Waals surface area contributed by atoms with Crippen LogP contribution in [0.3, 0.4) is 0 Å². The molecular weight excluding hydrogens is 356 g/mol. The molecular formula is C18H17ClN4O3. The average molecular weight is 373 g/mol. The zero-order valence-electron chi connectivity index (χ0n) is 13.9. The predicted octanol–water partition coefficient (Wildman–Crippen LogP) is 3.56.